The summed E-state index contributed by atoms with van der Waals surface area (Å²) >= 11 is 1.71. The summed E-state index contributed by atoms with van der Waals surface area (Å²) in [4.78, 5) is 11.6. The first-order chi connectivity index (χ1) is 8.61. The Morgan fingerprint density at radius 1 is 1.44 bits per heavy atom. The van der Waals surface area contributed by atoms with Crippen molar-refractivity contribution in [2.45, 2.75) is 26.2 Å². The van der Waals surface area contributed by atoms with Crippen molar-refractivity contribution in [3.05, 3.63) is 35.2 Å². The number of hydrogen-bond acceptors (Lipinski definition) is 2. The van der Waals surface area contributed by atoms with E-state index in [1.165, 1.54) is 15.6 Å². The van der Waals surface area contributed by atoms with Gasteiger partial charge in [-0.2, -0.15) is 0 Å². The number of rotatable bonds is 4. The van der Waals surface area contributed by atoms with Crippen LogP contribution in [0, 0.1) is 11.3 Å². The van der Waals surface area contributed by atoms with Gasteiger partial charge in [0.2, 0.25) is 0 Å². The number of fused-ring (bicyclic) bond motifs is 1. The van der Waals surface area contributed by atoms with Crippen LogP contribution in [0.1, 0.15) is 25.3 Å². The lowest BCUT2D eigenvalue weighted by Gasteiger charge is -2.24. The quantitative estimate of drug-likeness (QED) is 0.904. The van der Waals surface area contributed by atoms with Crippen LogP contribution in [-0.2, 0) is 11.2 Å². The van der Waals surface area contributed by atoms with Gasteiger partial charge in [-0.3, -0.25) is 4.79 Å². The van der Waals surface area contributed by atoms with E-state index in [9.17, 15) is 9.90 Å². The number of hydrogen-bond donors (Lipinski definition) is 1. The molecule has 2 nitrogen and oxygen atoms in total. The van der Waals surface area contributed by atoms with Crippen molar-refractivity contribution in [3.8, 4) is 0 Å². The Labute approximate surface area is 110 Å². The Hall–Kier alpha value is -1.35. The SMILES string of the molecule is CC(Cc1csc2ccccc12)(C(=O)O)C1CC1. The monoisotopic (exact) mass is 260 g/mol. The topological polar surface area (TPSA) is 37.3 Å². The standard InChI is InChI=1S/C15H16O2S/c1-15(14(16)17,11-6-7-11)8-10-9-18-13-5-3-2-4-12(10)13/h2-5,9,11H,6-8H2,1H3,(H,16,17). The Balaban J connectivity index is 1.98. The molecule has 1 unspecified atom stereocenters. The van der Waals surface area contributed by atoms with E-state index in [1.54, 1.807) is 11.3 Å². The fourth-order valence-electron chi connectivity index (χ4n) is 2.68. The summed E-state index contributed by atoms with van der Waals surface area (Å²) in [5.74, 6) is -0.297. The highest BCUT2D eigenvalue weighted by Crippen LogP contribution is 2.48. The van der Waals surface area contributed by atoms with Crippen LogP contribution in [0.2, 0.25) is 0 Å². The molecule has 1 aromatic carbocycles. The number of carboxylic acids is 1. The van der Waals surface area contributed by atoms with Crippen molar-refractivity contribution >= 4 is 27.4 Å². The zero-order valence-electron chi connectivity index (χ0n) is 10.3. The van der Waals surface area contributed by atoms with E-state index < -0.39 is 11.4 Å². The summed E-state index contributed by atoms with van der Waals surface area (Å²) in [5, 5.41) is 12.9. The number of carboxylic acid groups (broad SMARTS) is 1. The van der Waals surface area contributed by atoms with E-state index in [0.29, 0.717) is 12.3 Å². The van der Waals surface area contributed by atoms with E-state index in [1.807, 2.05) is 19.1 Å². The molecule has 0 amide bonds. The third kappa shape index (κ3) is 1.83. The van der Waals surface area contributed by atoms with Crippen LogP contribution >= 0.6 is 11.3 Å². The molecular weight excluding hydrogens is 244 g/mol. The molecule has 18 heavy (non-hydrogen) atoms. The van der Waals surface area contributed by atoms with Crippen LogP contribution in [0.25, 0.3) is 10.1 Å². The first kappa shape index (κ1) is 11.7. The predicted octanol–water partition coefficient (Wildman–Crippen LogP) is 3.94. The molecule has 1 aliphatic rings. The molecule has 0 saturated heterocycles. The first-order valence-electron chi connectivity index (χ1n) is 6.30. The molecule has 3 rings (SSSR count). The molecule has 2 aromatic rings. The van der Waals surface area contributed by atoms with Gasteiger partial charge in [0.25, 0.3) is 0 Å². The fourth-order valence-corrected chi connectivity index (χ4v) is 3.64. The summed E-state index contributed by atoms with van der Waals surface area (Å²) in [7, 11) is 0. The van der Waals surface area contributed by atoms with E-state index in [4.69, 9.17) is 0 Å². The minimum atomic E-state index is -0.653. The van der Waals surface area contributed by atoms with Gasteiger partial charge in [-0.05, 0) is 54.5 Å². The van der Waals surface area contributed by atoms with Crippen molar-refractivity contribution in [3.63, 3.8) is 0 Å². The smallest absolute Gasteiger partial charge is 0.309 e. The Bertz CT molecular complexity index is 597. The number of thiophene rings is 1. The third-order valence-electron chi connectivity index (χ3n) is 4.09. The van der Waals surface area contributed by atoms with Crippen LogP contribution < -0.4 is 0 Å². The average molecular weight is 260 g/mol. The molecular formula is C15H16O2S. The lowest BCUT2D eigenvalue weighted by Crippen LogP contribution is -2.32. The van der Waals surface area contributed by atoms with Gasteiger partial charge in [0.05, 0.1) is 5.41 Å². The predicted molar refractivity (Wildman–Crippen MR) is 74.0 cm³/mol. The normalized spacial score (nSPS) is 18.7. The van der Waals surface area contributed by atoms with Gasteiger partial charge in [-0.1, -0.05) is 18.2 Å². The largest absolute Gasteiger partial charge is 0.481 e. The van der Waals surface area contributed by atoms with E-state index in [0.717, 1.165) is 12.8 Å². The van der Waals surface area contributed by atoms with Crippen molar-refractivity contribution in [2.75, 3.05) is 0 Å². The molecule has 3 heteroatoms. The van der Waals surface area contributed by atoms with Crippen molar-refractivity contribution in [1.29, 1.82) is 0 Å². The molecule has 0 aliphatic heterocycles. The molecule has 0 radical (unpaired) electrons. The molecule has 1 atom stereocenters. The maximum atomic E-state index is 11.6. The maximum Gasteiger partial charge on any atom is 0.309 e. The van der Waals surface area contributed by atoms with Gasteiger partial charge in [0, 0.05) is 4.70 Å². The summed E-state index contributed by atoms with van der Waals surface area (Å²) in [5.41, 5.74) is 0.594. The third-order valence-corrected chi connectivity index (χ3v) is 5.10. The van der Waals surface area contributed by atoms with Gasteiger partial charge in [0.15, 0.2) is 0 Å². The highest BCUT2D eigenvalue weighted by Gasteiger charge is 2.47. The second-order valence-electron chi connectivity index (χ2n) is 5.43. The maximum absolute atomic E-state index is 11.6. The zero-order chi connectivity index (χ0) is 12.8. The first-order valence-corrected chi connectivity index (χ1v) is 7.18. The van der Waals surface area contributed by atoms with Crippen molar-refractivity contribution in [1.82, 2.24) is 0 Å². The zero-order valence-corrected chi connectivity index (χ0v) is 11.2. The van der Waals surface area contributed by atoms with Crippen molar-refractivity contribution in [2.24, 2.45) is 11.3 Å². The van der Waals surface area contributed by atoms with Crippen LogP contribution in [0.15, 0.2) is 29.6 Å². The van der Waals surface area contributed by atoms with Gasteiger partial charge >= 0.3 is 5.97 Å². The van der Waals surface area contributed by atoms with Crippen LogP contribution in [0.5, 0.6) is 0 Å². The lowest BCUT2D eigenvalue weighted by molar-refractivity contribution is -0.149. The number of aliphatic carboxylic acids is 1. The molecule has 0 bridgehead atoms. The summed E-state index contributed by atoms with van der Waals surface area (Å²) in [6, 6.07) is 8.24. The molecule has 1 heterocycles. The van der Waals surface area contributed by atoms with Crippen LogP contribution in [0.4, 0.5) is 0 Å². The Morgan fingerprint density at radius 3 is 2.83 bits per heavy atom. The molecule has 94 valence electrons. The highest BCUT2D eigenvalue weighted by molar-refractivity contribution is 7.17. The van der Waals surface area contributed by atoms with E-state index in [-0.39, 0.29) is 0 Å². The number of carbonyl (C=O) groups is 1. The lowest BCUT2D eigenvalue weighted by atomic mass is 9.79. The van der Waals surface area contributed by atoms with Gasteiger partial charge in [0.1, 0.15) is 0 Å². The molecule has 1 saturated carbocycles. The number of benzene rings is 1. The average Bonchev–Trinajstić information content (AvgIpc) is 3.14. The van der Waals surface area contributed by atoms with Crippen molar-refractivity contribution < 1.29 is 9.90 Å². The molecule has 1 fully saturated rings. The summed E-state index contributed by atoms with van der Waals surface area (Å²) < 4.78 is 1.25. The Kier molecular flexibility index (Phi) is 2.67. The highest BCUT2D eigenvalue weighted by atomic mass is 32.1. The second-order valence-corrected chi connectivity index (χ2v) is 6.34. The minimum absolute atomic E-state index is 0.355. The molecule has 1 aromatic heterocycles. The summed E-state index contributed by atoms with van der Waals surface area (Å²) in [6.07, 6.45) is 2.77. The Morgan fingerprint density at radius 2 is 2.17 bits per heavy atom. The van der Waals surface area contributed by atoms with E-state index >= 15 is 0 Å². The minimum Gasteiger partial charge on any atom is -0.481 e. The van der Waals surface area contributed by atoms with E-state index in [2.05, 4.69) is 17.5 Å². The van der Waals surface area contributed by atoms with Gasteiger partial charge in [-0.15, -0.1) is 11.3 Å². The molecule has 0 spiro atoms. The molecule has 1 aliphatic carbocycles. The van der Waals surface area contributed by atoms with Crippen LogP contribution in [-0.4, -0.2) is 11.1 Å². The van der Waals surface area contributed by atoms with Gasteiger partial charge < -0.3 is 5.11 Å². The van der Waals surface area contributed by atoms with Gasteiger partial charge in [-0.25, -0.2) is 0 Å². The second kappa shape index (κ2) is 4.09. The fraction of sp³-hybridized carbons (Fsp3) is 0.400. The van der Waals surface area contributed by atoms with Crippen LogP contribution in [0.3, 0.4) is 0 Å². The summed E-state index contributed by atoms with van der Waals surface area (Å²) in [6.45, 7) is 1.90. The molecule has 1 N–H and O–H groups in total.